The highest BCUT2D eigenvalue weighted by Gasteiger charge is 2.24. The van der Waals surface area contributed by atoms with E-state index in [2.05, 4.69) is 0 Å². The van der Waals surface area contributed by atoms with Crippen molar-refractivity contribution in [2.75, 3.05) is 31.2 Å². The summed E-state index contributed by atoms with van der Waals surface area (Å²) in [4.78, 5) is 2.05. The molecule has 1 aromatic rings. The number of para-hydroxylation sites is 1. The van der Waals surface area contributed by atoms with Gasteiger partial charge in [-0.2, -0.15) is 0 Å². The van der Waals surface area contributed by atoms with Crippen LogP contribution in [0.25, 0.3) is 0 Å². The van der Waals surface area contributed by atoms with Gasteiger partial charge in [-0.15, -0.1) is 0 Å². The lowest BCUT2D eigenvalue weighted by molar-refractivity contribution is 0.0158. The number of halogens is 1. The lowest BCUT2D eigenvalue weighted by atomic mass is 10.0. The molecule has 1 aromatic carbocycles. The average Bonchev–Trinajstić information content (AvgIpc) is 2.45. The molecule has 20 heavy (non-hydrogen) atoms. The normalized spacial score (nSPS) is 18.3. The molecule has 0 radical (unpaired) electrons. The van der Waals surface area contributed by atoms with Crippen molar-refractivity contribution in [2.45, 2.75) is 31.9 Å². The SMILES string of the molecule is C[C@H](N)c1cccc(F)c1N1CCC(OCCO)CC1. The first-order chi connectivity index (χ1) is 9.63. The minimum atomic E-state index is -0.213. The molecule has 5 heteroatoms. The molecule has 0 aliphatic carbocycles. The van der Waals surface area contributed by atoms with Crippen molar-refractivity contribution in [1.29, 1.82) is 0 Å². The predicted molar refractivity (Wildman–Crippen MR) is 77.3 cm³/mol. The summed E-state index contributed by atoms with van der Waals surface area (Å²) in [6.07, 6.45) is 1.84. The van der Waals surface area contributed by atoms with Crippen molar-refractivity contribution in [3.05, 3.63) is 29.6 Å². The second kappa shape index (κ2) is 7.02. The maximum absolute atomic E-state index is 14.1. The predicted octanol–water partition coefficient (Wildman–Crippen LogP) is 1.82. The Bertz CT molecular complexity index is 432. The molecule has 4 nitrogen and oxygen atoms in total. The van der Waals surface area contributed by atoms with Gasteiger partial charge >= 0.3 is 0 Å². The number of anilines is 1. The van der Waals surface area contributed by atoms with Gasteiger partial charge in [0.05, 0.1) is 25.0 Å². The summed E-state index contributed by atoms with van der Waals surface area (Å²) in [7, 11) is 0. The molecule has 0 unspecified atom stereocenters. The van der Waals surface area contributed by atoms with Crippen LogP contribution in [0.3, 0.4) is 0 Å². The summed E-state index contributed by atoms with van der Waals surface area (Å²) in [6.45, 7) is 3.78. The zero-order valence-corrected chi connectivity index (χ0v) is 11.9. The van der Waals surface area contributed by atoms with Gasteiger partial charge < -0.3 is 20.5 Å². The van der Waals surface area contributed by atoms with Crippen molar-refractivity contribution in [1.82, 2.24) is 0 Å². The summed E-state index contributed by atoms with van der Waals surface area (Å²) in [6, 6.07) is 4.88. The maximum atomic E-state index is 14.1. The molecule has 3 N–H and O–H groups in total. The van der Waals surface area contributed by atoms with Gasteiger partial charge in [0.2, 0.25) is 0 Å². The average molecular weight is 282 g/mol. The van der Waals surface area contributed by atoms with E-state index >= 15 is 0 Å². The molecule has 1 fully saturated rings. The quantitative estimate of drug-likeness (QED) is 0.865. The lowest BCUT2D eigenvalue weighted by Gasteiger charge is -2.35. The molecule has 0 saturated carbocycles. The first kappa shape index (κ1) is 15.2. The van der Waals surface area contributed by atoms with Crippen molar-refractivity contribution in [2.24, 2.45) is 5.73 Å². The van der Waals surface area contributed by atoms with E-state index in [1.807, 2.05) is 17.9 Å². The Morgan fingerprint density at radius 1 is 1.45 bits per heavy atom. The Morgan fingerprint density at radius 3 is 2.75 bits per heavy atom. The molecule has 1 saturated heterocycles. The van der Waals surface area contributed by atoms with E-state index in [4.69, 9.17) is 15.6 Å². The van der Waals surface area contributed by atoms with E-state index in [0.717, 1.165) is 31.5 Å². The number of ether oxygens (including phenoxy) is 1. The highest BCUT2D eigenvalue weighted by atomic mass is 19.1. The van der Waals surface area contributed by atoms with Gasteiger partial charge in [-0.1, -0.05) is 12.1 Å². The summed E-state index contributed by atoms with van der Waals surface area (Å²) in [5.74, 6) is -0.213. The van der Waals surface area contributed by atoms with Crippen LogP contribution in [-0.4, -0.2) is 37.5 Å². The molecule has 1 aliphatic heterocycles. The topological polar surface area (TPSA) is 58.7 Å². The summed E-state index contributed by atoms with van der Waals surface area (Å²) in [5.41, 5.74) is 7.41. The fraction of sp³-hybridized carbons (Fsp3) is 0.600. The smallest absolute Gasteiger partial charge is 0.146 e. The Hall–Kier alpha value is -1.17. The largest absolute Gasteiger partial charge is 0.394 e. The number of piperidine rings is 1. The molecule has 0 aromatic heterocycles. The van der Waals surface area contributed by atoms with Gasteiger partial charge in [-0.25, -0.2) is 4.39 Å². The summed E-state index contributed by atoms with van der Waals surface area (Å²) in [5, 5.41) is 8.76. The third-order valence-electron chi connectivity index (χ3n) is 3.71. The van der Waals surface area contributed by atoms with Crippen molar-refractivity contribution in [3.8, 4) is 0 Å². The van der Waals surface area contributed by atoms with E-state index in [1.54, 1.807) is 6.07 Å². The second-order valence-electron chi connectivity index (χ2n) is 5.25. The minimum Gasteiger partial charge on any atom is -0.394 e. The zero-order chi connectivity index (χ0) is 14.5. The van der Waals surface area contributed by atoms with Crippen LogP contribution in [0.1, 0.15) is 31.4 Å². The van der Waals surface area contributed by atoms with Gasteiger partial charge in [-0.3, -0.25) is 0 Å². The Balaban J connectivity index is 2.07. The maximum Gasteiger partial charge on any atom is 0.146 e. The van der Waals surface area contributed by atoms with Crippen LogP contribution in [0.5, 0.6) is 0 Å². The van der Waals surface area contributed by atoms with Crippen molar-refractivity contribution < 1.29 is 14.2 Å². The fourth-order valence-corrected chi connectivity index (χ4v) is 2.70. The van der Waals surface area contributed by atoms with E-state index in [-0.39, 0.29) is 24.6 Å². The second-order valence-corrected chi connectivity index (χ2v) is 5.25. The van der Waals surface area contributed by atoms with Crippen LogP contribution in [0, 0.1) is 5.82 Å². The molecular formula is C15H23FN2O2. The standard InChI is InChI=1S/C15H23FN2O2/c1-11(17)13-3-2-4-14(16)15(13)18-7-5-12(6-8-18)20-10-9-19/h2-4,11-12,19H,5-10,17H2,1H3/t11-/m0/s1. The van der Waals surface area contributed by atoms with Crippen LogP contribution >= 0.6 is 0 Å². The first-order valence-electron chi connectivity index (χ1n) is 7.15. The number of benzene rings is 1. The van der Waals surface area contributed by atoms with Crippen LogP contribution in [0.4, 0.5) is 10.1 Å². The number of nitrogens with zero attached hydrogens (tertiary/aromatic N) is 1. The molecule has 1 atom stereocenters. The minimum absolute atomic E-state index is 0.0440. The van der Waals surface area contributed by atoms with E-state index in [9.17, 15) is 4.39 Å². The molecular weight excluding hydrogens is 259 g/mol. The lowest BCUT2D eigenvalue weighted by Crippen LogP contribution is -2.38. The van der Waals surface area contributed by atoms with E-state index in [1.165, 1.54) is 6.07 Å². The molecule has 0 spiro atoms. The number of aliphatic hydroxyl groups is 1. The number of rotatable bonds is 5. The van der Waals surface area contributed by atoms with Crippen LogP contribution < -0.4 is 10.6 Å². The van der Waals surface area contributed by atoms with Crippen molar-refractivity contribution in [3.63, 3.8) is 0 Å². The number of nitrogens with two attached hydrogens (primary N) is 1. The molecule has 1 aliphatic rings. The van der Waals surface area contributed by atoms with Crippen LogP contribution in [0.15, 0.2) is 18.2 Å². The molecule has 1 heterocycles. The van der Waals surface area contributed by atoms with Gasteiger partial charge in [0.1, 0.15) is 5.82 Å². The molecule has 0 bridgehead atoms. The summed E-state index contributed by atoms with van der Waals surface area (Å²) >= 11 is 0. The zero-order valence-electron chi connectivity index (χ0n) is 11.9. The Labute approximate surface area is 119 Å². The van der Waals surface area contributed by atoms with Gasteiger partial charge in [0.25, 0.3) is 0 Å². The summed E-state index contributed by atoms with van der Waals surface area (Å²) < 4.78 is 19.7. The molecule has 0 amide bonds. The fourth-order valence-electron chi connectivity index (χ4n) is 2.70. The van der Waals surface area contributed by atoms with E-state index in [0.29, 0.717) is 12.3 Å². The number of aliphatic hydroxyl groups excluding tert-OH is 1. The first-order valence-corrected chi connectivity index (χ1v) is 7.15. The Morgan fingerprint density at radius 2 is 2.15 bits per heavy atom. The number of hydrogen-bond donors (Lipinski definition) is 2. The number of hydrogen-bond acceptors (Lipinski definition) is 4. The molecule has 112 valence electrons. The van der Waals surface area contributed by atoms with Gasteiger partial charge in [0, 0.05) is 19.1 Å². The Kier molecular flexibility index (Phi) is 5.34. The van der Waals surface area contributed by atoms with Crippen LogP contribution in [0.2, 0.25) is 0 Å². The highest BCUT2D eigenvalue weighted by molar-refractivity contribution is 5.56. The van der Waals surface area contributed by atoms with E-state index < -0.39 is 0 Å². The third kappa shape index (κ3) is 3.48. The van der Waals surface area contributed by atoms with Gasteiger partial charge in [0.15, 0.2) is 0 Å². The monoisotopic (exact) mass is 282 g/mol. The van der Waals surface area contributed by atoms with Crippen LogP contribution in [-0.2, 0) is 4.74 Å². The third-order valence-corrected chi connectivity index (χ3v) is 3.71. The highest BCUT2D eigenvalue weighted by Crippen LogP contribution is 2.31. The molecule has 2 rings (SSSR count). The van der Waals surface area contributed by atoms with Crippen molar-refractivity contribution >= 4 is 5.69 Å². The van der Waals surface area contributed by atoms with Gasteiger partial charge in [-0.05, 0) is 31.4 Å².